The van der Waals surface area contributed by atoms with E-state index in [1.165, 1.54) is 0 Å². The molecular weight excluding hydrogens is 1150 g/mol. The van der Waals surface area contributed by atoms with E-state index in [0.717, 1.165) is 55.6 Å². The number of benzene rings is 12. The first-order valence-corrected chi connectivity index (χ1v) is 32.9. The molecule has 0 aromatic heterocycles. The molecule has 0 saturated carbocycles. The van der Waals surface area contributed by atoms with Gasteiger partial charge in [0, 0.05) is 45.3 Å². The lowest BCUT2D eigenvalue weighted by atomic mass is 9.33. The van der Waals surface area contributed by atoms with Gasteiger partial charge in [-0.15, -0.1) is 0 Å². The molecule has 12 aromatic carbocycles. The summed E-state index contributed by atoms with van der Waals surface area (Å²) >= 11 is 0. The summed E-state index contributed by atoms with van der Waals surface area (Å²) in [6, 6.07) is 76.6. The van der Waals surface area contributed by atoms with E-state index in [0.29, 0.717) is 84.2 Å². The van der Waals surface area contributed by atoms with E-state index in [-0.39, 0.29) is 80.0 Å². The Bertz CT molecular complexity index is 4920. The van der Waals surface area contributed by atoms with Crippen LogP contribution >= 0.6 is 0 Å². The second-order valence-corrected chi connectivity index (χ2v) is 29.5. The lowest BCUT2D eigenvalue weighted by Crippen LogP contribution is -2.61. The predicted octanol–water partition coefficient (Wildman–Crippen LogP) is 23.1. The number of rotatable bonds is 9. The highest BCUT2D eigenvalue weighted by atomic mass is 15.2. The van der Waals surface area contributed by atoms with Gasteiger partial charge in [0.05, 0.1) is 20.4 Å². The van der Waals surface area contributed by atoms with E-state index in [1.807, 2.05) is 164 Å². The van der Waals surface area contributed by atoms with Crippen molar-refractivity contribution in [1.29, 1.82) is 5.26 Å². The summed E-state index contributed by atoms with van der Waals surface area (Å²) in [5.41, 5.74) is 16.7. The van der Waals surface area contributed by atoms with Gasteiger partial charge in [-0.1, -0.05) is 295 Å². The van der Waals surface area contributed by atoms with E-state index in [1.54, 1.807) is 0 Å². The number of fused-ring (bicyclic) bond motifs is 4. The van der Waals surface area contributed by atoms with Crippen molar-refractivity contribution in [3.63, 3.8) is 0 Å². The second-order valence-electron chi connectivity index (χ2n) is 29.5. The minimum atomic E-state index is -1.14. The largest absolute Gasteiger partial charge is 0.311 e. The van der Waals surface area contributed by atoms with Crippen molar-refractivity contribution in [2.24, 2.45) is 0 Å². The van der Waals surface area contributed by atoms with Crippen LogP contribution in [0.1, 0.15) is 119 Å². The summed E-state index contributed by atoms with van der Waals surface area (Å²) in [6.07, 6.45) is 0. The van der Waals surface area contributed by atoms with Gasteiger partial charge in [-0.25, -0.2) is 4.85 Å². The smallest absolute Gasteiger partial charge is 0.252 e. The lowest BCUT2D eigenvalue weighted by Gasteiger charge is -2.45. The number of nitrogens with zero attached hydrogens (tertiary/aromatic N) is 4. The maximum atomic E-state index is 11.5. The second kappa shape index (κ2) is 23.7. The molecule has 95 heavy (non-hydrogen) atoms. The Kier molecular flexibility index (Phi) is 13.7. The third-order valence-electron chi connectivity index (χ3n) is 18.9. The number of anilines is 6. The highest BCUT2D eigenvalue weighted by Gasteiger charge is 2.45. The van der Waals surface area contributed by atoms with Crippen LogP contribution in [0, 0.1) is 17.9 Å². The fraction of sp³-hybridized carbons (Fsp3) is 0.178. The summed E-state index contributed by atoms with van der Waals surface area (Å²) in [6.45, 7) is 33.8. The topological polar surface area (TPSA) is 34.6 Å². The zero-order chi connectivity index (χ0) is 71.5. The quantitative estimate of drug-likeness (QED) is 0.107. The molecule has 0 fully saturated rings. The summed E-state index contributed by atoms with van der Waals surface area (Å²) in [7, 11) is 0. The molecule has 0 atom stereocenters. The van der Waals surface area contributed by atoms with Gasteiger partial charge in [0.2, 0.25) is 5.69 Å². The third kappa shape index (κ3) is 11.4. The molecular formula is C90H79BN4. The number of hydrogen-bond acceptors (Lipinski definition) is 3. The first-order chi connectivity index (χ1) is 48.1. The molecule has 0 spiro atoms. The van der Waals surface area contributed by atoms with Crippen molar-refractivity contribution in [3.8, 4) is 84.0 Å². The van der Waals surface area contributed by atoms with Crippen LogP contribution in [0.4, 0.5) is 39.8 Å². The van der Waals surface area contributed by atoms with Crippen LogP contribution in [0.3, 0.4) is 0 Å². The molecule has 4 nitrogen and oxygen atoms in total. The molecule has 0 unspecified atom stereocenters. The molecule has 0 amide bonds. The van der Waals surface area contributed by atoms with Gasteiger partial charge in [-0.05, 0) is 176 Å². The molecule has 2 aliphatic rings. The van der Waals surface area contributed by atoms with Gasteiger partial charge >= 0.3 is 0 Å². The molecule has 0 N–H and O–H groups in total. The highest BCUT2D eigenvalue weighted by Crippen LogP contribution is 2.52. The summed E-state index contributed by atoms with van der Waals surface area (Å²) in [4.78, 5) is 8.48. The Balaban J connectivity index is 1.22. The Morgan fingerprint density at radius 2 is 0.663 bits per heavy atom. The molecule has 462 valence electrons. The monoisotopic (exact) mass is 1230 g/mol. The normalized spacial score (nSPS) is 13.6. The third-order valence-corrected chi connectivity index (χ3v) is 18.9. The van der Waals surface area contributed by atoms with E-state index in [2.05, 4.69) is 164 Å². The molecule has 14 rings (SSSR count). The molecule has 2 heterocycles. The van der Waals surface area contributed by atoms with Gasteiger partial charge < -0.3 is 9.80 Å². The zero-order valence-corrected chi connectivity index (χ0v) is 56.2. The van der Waals surface area contributed by atoms with Crippen LogP contribution in [-0.4, -0.2) is 6.71 Å². The highest BCUT2D eigenvalue weighted by molar-refractivity contribution is 7.00. The summed E-state index contributed by atoms with van der Waals surface area (Å²) in [5, 5.41) is 11.5. The first-order valence-electron chi connectivity index (χ1n) is 35.9. The summed E-state index contributed by atoms with van der Waals surface area (Å²) in [5.74, 6) is 0. The van der Waals surface area contributed by atoms with E-state index in [9.17, 15) is 13.5 Å². The van der Waals surface area contributed by atoms with Crippen LogP contribution in [0.2, 0.25) is 0 Å². The van der Waals surface area contributed by atoms with Gasteiger partial charge in [0.25, 0.3) is 6.71 Å². The van der Waals surface area contributed by atoms with Crippen LogP contribution in [0.5, 0.6) is 0 Å². The summed E-state index contributed by atoms with van der Waals surface area (Å²) < 4.78 is 66.1. The molecule has 12 aromatic rings. The van der Waals surface area contributed by atoms with Gasteiger partial charge in [0.15, 0.2) is 0 Å². The average molecular weight is 1230 g/mol. The van der Waals surface area contributed by atoms with Crippen molar-refractivity contribution in [3.05, 3.63) is 300 Å². The molecule has 5 heteroatoms. The Labute approximate surface area is 571 Å². The van der Waals surface area contributed by atoms with Gasteiger partial charge in [-0.2, -0.15) is 5.26 Å². The Hall–Kier alpha value is -10.7. The lowest BCUT2D eigenvalue weighted by molar-refractivity contribution is 0.568. The van der Waals surface area contributed by atoms with Crippen molar-refractivity contribution in [1.82, 2.24) is 0 Å². The van der Waals surface area contributed by atoms with Crippen molar-refractivity contribution >= 4 is 62.9 Å². The first kappa shape index (κ1) is 54.8. The van der Waals surface area contributed by atoms with Gasteiger partial charge in [0.1, 0.15) is 6.07 Å². The molecule has 0 saturated heterocycles. The molecule has 0 bridgehead atoms. The van der Waals surface area contributed by atoms with Crippen LogP contribution < -0.4 is 26.2 Å². The number of nitriles is 1. The van der Waals surface area contributed by atoms with E-state index in [4.69, 9.17) is 6.57 Å². The van der Waals surface area contributed by atoms with Crippen molar-refractivity contribution < 1.29 is 8.22 Å². The minimum absolute atomic E-state index is 0.0221. The van der Waals surface area contributed by atoms with E-state index < -0.39 is 6.71 Å². The molecule has 0 aliphatic carbocycles. The zero-order valence-electron chi connectivity index (χ0n) is 62.2. The number of hydrogen-bond donors (Lipinski definition) is 0. The maximum Gasteiger partial charge on any atom is 0.252 e. The standard InChI is InChI=1S/C90H79BN4/c1-87(2,3)68-43-65(44-69(51-68)88(4,5)6)63-39-41-79-81(47-63)94(72-53-74(59-31-21-15-22-32-59)78(57-92)75(54-72)60-33-23-16-24-34-60)83-49-67(58-29-19-14-20-30-58)50-84-85(83)91(79)80-42-40-64(66-45-70(89(7,8)9)52-71(46-66)90(10,11)12)48-82(80)95(84)73-55-76(61-35-25-17-26-36-61)86(93-13)77(56-73)62-37-27-18-28-38-62/h14-56H,1-12H3/i39D,40D,41D,42D,47D,48D. The average Bonchev–Trinajstić information content (AvgIpc) is 0.676. The Morgan fingerprint density at radius 1 is 0.358 bits per heavy atom. The van der Waals surface area contributed by atoms with Crippen LogP contribution in [-0.2, 0) is 21.7 Å². The predicted molar refractivity (Wildman–Crippen MR) is 404 cm³/mol. The minimum Gasteiger partial charge on any atom is -0.311 e. The van der Waals surface area contributed by atoms with Crippen LogP contribution in [0.25, 0.3) is 82.7 Å². The maximum absolute atomic E-state index is 11.5. The van der Waals surface area contributed by atoms with Crippen molar-refractivity contribution in [2.45, 2.75) is 105 Å². The van der Waals surface area contributed by atoms with Gasteiger partial charge in [-0.3, -0.25) is 0 Å². The van der Waals surface area contributed by atoms with Crippen molar-refractivity contribution in [2.75, 3.05) is 9.80 Å². The van der Waals surface area contributed by atoms with E-state index >= 15 is 0 Å². The molecule has 0 radical (unpaired) electrons. The fourth-order valence-electron chi connectivity index (χ4n) is 13.6. The van der Waals surface area contributed by atoms with Crippen LogP contribution in [0.15, 0.2) is 261 Å². The molecule has 2 aliphatic heterocycles. The SMILES string of the molecule is [2H]c1c([2H])c(-c2cc(C(C)(C)C)cc(C(C)(C)C)c2)c([2H])c2c1B1c3c(cc(-c4ccccc4)cc3N(c3cc(-c4ccccc4)c([N+]#[C-])c(-c4ccccc4)c3)c3c([2H])c(-c4cc(C(C)(C)C)cc(C(C)(C)C)c4)c([2H])c([2H])c31)N2c1cc(-c2ccccc2)c(C#N)c(-c2ccccc2)c1. The fourth-order valence-corrected chi connectivity index (χ4v) is 13.6. The Morgan fingerprint density at radius 3 is 0.979 bits per heavy atom.